The van der Waals surface area contributed by atoms with Crippen LogP contribution in [0.4, 0.5) is 0 Å². The van der Waals surface area contributed by atoms with Crippen LogP contribution in [0.3, 0.4) is 0 Å². The molecule has 1 aromatic rings. The summed E-state index contributed by atoms with van der Waals surface area (Å²) >= 11 is 0. The lowest BCUT2D eigenvalue weighted by Crippen LogP contribution is -2.38. The number of aliphatic hydroxyl groups excluding tert-OH is 1. The molecule has 3 unspecified atom stereocenters. The molecule has 0 aromatic heterocycles. The summed E-state index contributed by atoms with van der Waals surface area (Å²) in [7, 11) is 0. The van der Waals surface area contributed by atoms with Crippen molar-refractivity contribution in [3.05, 3.63) is 35.9 Å². The Hall–Kier alpha value is -0.860. The zero-order chi connectivity index (χ0) is 12.4. The standard InChI is InChI=1S/C16H23NO/c18-16-10-4-8-14(16)15-9-5-11-17(15)12-13-6-2-1-3-7-13/h1-3,6-7,14-16,18H,4-5,8-12H2. The molecule has 1 aliphatic heterocycles. The number of nitrogens with zero attached hydrogens (tertiary/aromatic N) is 1. The van der Waals surface area contributed by atoms with E-state index < -0.39 is 0 Å². The van der Waals surface area contributed by atoms with E-state index in [1.165, 1.54) is 37.8 Å². The summed E-state index contributed by atoms with van der Waals surface area (Å²) in [6.07, 6.45) is 5.96. The van der Waals surface area contributed by atoms with Gasteiger partial charge >= 0.3 is 0 Å². The molecule has 0 radical (unpaired) electrons. The van der Waals surface area contributed by atoms with E-state index >= 15 is 0 Å². The summed E-state index contributed by atoms with van der Waals surface area (Å²) in [5.41, 5.74) is 1.40. The quantitative estimate of drug-likeness (QED) is 0.885. The highest BCUT2D eigenvalue weighted by atomic mass is 16.3. The van der Waals surface area contributed by atoms with E-state index in [-0.39, 0.29) is 6.10 Å². The van der Waals surface area contributed by atoms with Crippen molar-refractivity contribution >= 4 is 0 Å². The molecule has 1 N–H and O–H groups in total. The first-order valence-electron chi connectivity index (χ1n) is 7.30. The Morgan fingerprint density at radius 2 is 1.89 bits per heavy atom. The minimum atomic E-state index is -0.0497. The molecule has 1 saturated carbocycles. The van der Waals surface area contributed by atoms with Gasteiger partial charge in [-0.05, 0) is 37.8 Å². The van der Waals surface area contributed by atoms with Gasteiger partial charge in [0.15, 0.2) is 0 Å². The summed E-state index contributed by atoms with van der Waals surface area (Å²) < 4.78 is 0. The first-order chi connectivity index (χ1) is 8.84. The molecule has 3 rings (SSSR count). The van der Waals surface area contributed by atoms with Crippen molar-refractivity contribution in [3.8, 4) is 0 Å². The van der Waals surface area contributed by atoms with Crippen molar-refractivity contribution < 1.29 is 5.11 Å². The van der Waals surface area contributed by atoms with Crippen molar-refractivity contribution in [1.82, 2.24) is 4.90 Å². The van der Waals surface area contributed by atoms with Crippen LogP contribution in [0, 0.1) is 5.92 Å². The third kappa shape index (κ3) is 2.45. The third-order valence-electron chi connectivity index (χ3n) is 4.67. The second-order valence-corrected chi connectivity index (χ2v) is 5.83. The van der Waals surface area contributed by atoms with Gasteiger partial charge < -0.3 is 5.11 Å². The molecule has 2 aliphatic rings. The average Bonchev–Trinajstić information content (AvgIpc) is 2.99. The topological polar surface area (TPSA) is 23.5 Å². The molecule has 1 aliphatic carbocycles. The van der Waals surface area contributed by atoms with E-state index in [9.17, 15) is 5.11 Å². The monoisotopic (exact) mass is 245 g/mol. The van der Waals surface area contributed by atoms with Gasteiger partial charge in [0.05, 0.1) is 6.10 Å². The average molecular weight is 245 g/mol. The predicted octanol–water partition coefficient (Wildman–Crippen LogP) is 2.81. The van der Waals surface area contributed by atoms with E-state index in [0.717, 1.165) is 13.0 Å². The van der Waals surface area contributed by atoms with Crippen LogP contribution in [0.5, 0.6) is 0 Å². The highest BCUT2D eigenvalue weighted by Gasteiger charge is 2.37. The fourth-order valence-electron chi connectivity index (χ4n) is 3.77. The van der Waals surface area contributed by atoms with Crippen LogP contribution < -0.4 is 0 Å². The summed E-state index contributed by atoms with van der Waals surface area (Å²) in [5, 5.41) is 10.1. The van der Waals surface area contributed by atoms with E-state index in [2.05, 4.69) is 35.2 Å². The van der Waals surface area contributed by atoms with Gasteiger partial charge in [-0.1, -0.05) is 36.8 Å². The van der Waals surface area contributed by atoms with Gasteiger partial charge in [0.2, 0.25) is 0 Å². The van der Waals surface area contributed by atoms with Gasteiger partial charge in [0.1, 0.15) is 0 Å². The maximum atomic E-state index is 10.1. The summed E-state index contributed by atoms with van der Waals surface area (Å²) in [6, 6.07) is 11.3. The summed E-state index contributed by atoms with van der Waals surface area (Å²) in [4.78, 5) is 2.59. The molecule has 2 fully saturated rings. The minimum Gasteiger partial charge on any atom is -0.393 e. The molecule has 2 nitrogen and oxygen atoms in total. The molecule has 0 spiro atoms. The Labute approximate surface area is 110 Å². The fraction of sp³-hybridized carbons (Fsp3) is 0.625. The predicted molar refractivity (Wildman–Crippen MR) is 73.2 cm³/mol. The van der Waals surface area contributed by atoms with Gasteiger partial charge in [0.25, 0.3) is 0 Å². The molecular formula is C16H23NO. The maximum absolute atomic E-state index is 10.1. The molecule has 2 heteroatoms. The second-order valence-electron chi connectivity index (χ2n) is 5.83. The Morgan fingerprint density at radius 1 is 1.06 bits per heavy atom. The van der Waals surface area contributed by atoms with Crippen LogP contribution >= 0.6 is 0 Å². The Morgan fingerprint density at radius 3 is 2.61 bits per heavy atom. The fourth-order valence-corrected chi connectivity index (χ4v) is 3.77. The Balaban J connectivity index is 1.68. The van der Waals surface area contributed by atoms with Crippen LogP contribution in [0.25, 0.3) is 0 Å². The molecule has 18 heavy (non-hydrogen) atoms. The number of rotatable bonds is 3. The van der Waals surface area contributed by atoms with E-state index in [1.54, 1.807) is 0 Å². The minimum absolute atomic E-state index is 0.0497. The Kier molecular flexibility index (Phi) is 3.67. The number of hydrogen-bond donors (Lipinski definition) is 1. The largest absolute Gasteiger partial charge is 0.393 e. The zero-order valence-corrected chi connectivity index (χ0v) is 11.0. The number of hydrogen-bond acceptors (Lipinski definition) is 2. The lowest BCUT2D eigenvalue weighted by molar-refractivity contribution is 0.0719. The maximum Gasteiger partial charge on any atom is 0.0583 e. The van der Waals surface area contributed by atoms with E-state index in [0.29, 0.717) is 12.0 Å². The first kappa shape index (κ1) is 12.2. The highest BCUT2D eigenvalue weighted by Crippen LogP contribution is 2.36. The SMILES string of the molecule is OC1CCCC1C1CCCN1Cc1ccccc1. The van der Waals surface area contributed by atoms with E-state index in [4.69, 9.17) is 0 Å². The number of aliphatic hydroxyl groups is 1. The summed E-state index contributed by atoms with van der Waals surface area (Å²) in [5.74, 6) is 0.524. The summed E-state index contributed by atoms with van der Waals surface area (Å²) in [6.45, 7) is 2.25. The molecule has 1 heterocycles. The van der Waals surface area contributed by atoms with Crippen molar-refractivity contribution in [2.45, 2.75) is 50.8 Å². The van der Waals surface area contributed by atoms with Crippen molar-refractivity contribution in [3.63, 3.8) is 0 Å². The normalized spacial score (nSPS) is 33.1. The molecule has 98 valence electrons. The lowest BCUT2D eigenvalue weighted by atomic mass is 9.94. The first-order valence-corrected chi connectivity index (χ1v) is 7.30. The van der Waals surface area contributed by atoms with Crippen molar-refractivity contribution in [2.24, 2.45) is 5.92 Å². The van der Waals surface area contributed by atoms with Crippen LogP contribution in [0.1, 0.15) is 37.7 Å². The molecule has 1 aromatic carbocycles. The molecular weight excluding hydrogens is 222 g/mol. The molecule has 1 saturated heterocycles. The molecule has 0 amide bonds. The zero-order valence-electron chi connectivity index (χ0n) is 11.0. The van der Waals surface area contributed by atoms with Crippen LogP contribution in [-0.4, -0.2) is 28.7 Å². The number of benzene rings is 1. The van der Waals surface area contributed by atoms with Gasteiger partial charge in [0, 0.05) is 18.5 Å². The van der Waals surface area contributed by atoms with Gasteiger partial charge in [-0.25, -0.2) is 0 Å². The van der Waals surface area contributed by atoms with Gasteiger partial charge in [-0.3, -0.25) is 4.90 Å². The van der Waals surface area contributed by atoms with Gasteiger partial charge in [-0.15, -0.1) is 0 Å². The van der Waals surface area contributed by atoms with Crippen molar-refractivity contribution in [1.29, 1.82) is 0 Å². The smallest absolute Gasteiger partial charge is 0.0583 e. The van der Waals surface area contributed by atoms with Crippen LogP contribution in [0.15, 0.2) is 30.3 Å². The lowest BCUT2D eigenvalue weighted by Gasteiger charge is -2.31. The third-order valence-corrected chi connectivity index (χ3v) is 4.67. The highest BCUT2D eigenvalue weighted by molar-refractivity contribution is 5.15. The van der Waals surface area contributed by atoms with E-state index in [1.807, 2.05) is 0 Å². The molecule has 3 atom stereocenters. The van der Waals surface area contributed by atoms with Crippen molar-refractivity contribution in [2.75, 3.05) is 6.54 Å². The Bertz CT molecular complexity index is 378. The number of likely N-dealkylation sites (tertiary alicyclic amines) is 1. The molecule has 0 bridgehead atoms. The van der Waals surface area contributed by atoms with Gasteiger partial charge in [-0.2, -0.15) is 0 Å². The van der Waals surface area contributed by atoms with Crippen LogP contribution in [-0.2, 0) is 6.54 Å². The van der Waals surface area contributed by atoms with Crippen LogP contribution in [0.2, 0.25) is 0 Å². The second kappa shape index (κ2) is 5.41.